The Balaban J connectivity index is 0. The monoisotopic (exact) mass is 209 g/mol. The molecule has 0 saturated carbocycles. The molecule has 0 spiro atoms. The summed E-state index contributed by atoms with van der Waals surface area (Å²) in [6.45, 7) is 0. The van der Waals surface area contributed by atoms with Crippen LogP contribution in [0.5, 0.6) is 0 Å². The second-order valence-electron chi connectivity index (χ2n) is 1.95. The van der Waals surface area contributed by atoms with Gasteiger partial charge in [-0.05, 0) is 6.42 Å². The van der Waals surface area contributed by atoms with Gasteiger partial charge in [0.05, 0.1) is 0 Å². The predicted octanol–water partition coefficient (Wildman–Crippen LogP) is -1.34. The molecule has 1 radical (unpaired) electrons. The minimum atomic E-state index is -1.11. The summed E-state index contributed by atoms with van der Waals surface area (Å²) in [6.07, 6.45) is 0.123. The summed E-state index contributed by atoms with van der Waals surface area (Å²) < 4.78 is 0. The fourth-order valence-electron chi connectivity index (χ4n) is 0.421. The van der Waals surface area contributed by atoms with Gasteiger partial charge in [-0.1, -0.05) is 0 Å². The number of nitrogens with two attached hydrogens (primary N) is 2. The third kappa shape index (κ3) is 7.31. The number of amides is 1. The molecule has 5 N–H and O–H groups in total. The maximum Gasteiger partial charge on any atom is 0.320 e. The summed E-state index contributed by atoms with van der Waals surface area (Å²) in [7, 11) is 0. The van der Waals surface area contributed by atoms with Crippen LogP contribution in [0, 0.1) is 0 Å². The van der Waals surface area contributed by atoms with Crippen LogP contribution in [-0.2, 0) is 26.7 Å². The molecule has 11 heavy (non-hydrogen) atoms. The molecular weight excluding hydrogens is 200 g/mol. The molecule has 0 rings (SSSR count). The number of carbonyl (C=O) groups is 2. The molecule has 69 valence electrons. The molecule has 0 fully saturated rings. The zero-order chi connectivity index (χ0) is 8.15. The molecule has 0 unspecified atom stereocenters. The van der Waals surface area contributed by atoms with Crippen molar-refractivity contribution in [2.24, 2.45) is 11.5 Å². The smallest absolute Gasteiger partial charge is 0.320 e. The van der Waals surface area contributed by atoms with Gasteiger partial charge in [0.15, 0.2) is 0 Å². The predicted molar refractivity (Wildman–Crippen MR) is 34.0 cm³/mol. The second-order valence-corrected chi connectivity index (χ2v) is 1.95. The Morgan fingerprint density at radius 2 is 1.91 bits per heavy atom. The van der Waals surface area contributed by atoms with Crippen LogP contribution in [-0.4, -0.2) is 23.0 Å². The SMILES string of the molecule is NC(=O)CC[C@H](N)C(=O)O.[Cu]. The van der Waals surface area contributed by atoms with Crippen molar-refractivity contribution >= 4 is 11.9 Å². The first-order chi connectivity index (χ1) is 4.54. The molecule has 6 heteroatoms. The fraction of sp³-hybridized carbons (Fsp3) is 0.600. The van der Waals surface area contributed by atoms with Crippen molar-refractivity contribution < 1.29 is 31.8 Å². The molecular formula is C5H10CuN2O3. The molecule has 0 aromatic rings. The van der Waals surface area contributed by atoms with Crippen LogP contribution in [0.1, 0.15) is 12.8 Å². The van der Waals surface area contributed by atoms with E-state index < -0.39 is 17.9 Å². The van der Waals surface area contributed by atoms with Crippen LogP contribution < -0.4 is 11.5 Å². The van der Waals surface area contributed by atoms with Gasteiger partial charge in [0.2, 0.25) is 5.91 Å². The number of carboxylic acids is 1. The van der Waals surface area contributed by atoms with E-state index in [2.05, 4.69) is 0 Å². The van der Waals surface area contributed by atoms with E-state index >= 15 is 0 Å². The van der Waals surface area contributed by atoms with Gasteiger partial charge in [-0.15, -0.1) is 0 Å². The van der Waals surface area contributed by atoms with Gasteiger partial charge in [-0.3, -0.25) is 9.59 Å². The third-order valence-corrected chi connectivity index (χ3v) is 1.02. The fourth-order valence-corrected chi connectivity index (χ4v) is 0.421. The van der Waals surface area contributed by atoms with Gasteiger partial charge in [0.1, 0.15) is 6.04 Å². The molecule has 0 saturated heterocycles. The summed E-state index contributed by atoms with van der Waals surface area (Å²) in [5.41, 5.74) is 9.81. The van der Waals surface area contributed by atoms with Crippen molar-refractivity contribution in [1.29, 1.82) is 0 Å². The molecule has 0 heterocycles. The Kier molecular flexibility index (Phi) is 7.29. The minimum absolute atomic E-state index is 0. The zero-order valence-electron chi connectivity index (χ0n) is 5.71. The van der Waals surface area contributed by atoms with Gasteiger partial charge in [0, 0.05) is 23.5 Å². The average molecular weight is 210 g/mol. The second kappa shape index (κ2) is 6.15. The topological polar surface area (TPSA) is 106 Å². The number of carbonyl (C=O) groups excluding carboxylic acids is 1. The quantitative estimate of drug-likeness (QED) is 0.499. The van der Waals surface area contributed by atoms with Crippen molar-refractivity contribution in [2.75, 3.05) is 0 Å². The van der Waals surface area contributed by atoms with E-state index in [1.54, 1.807) is 0 Å². The number of hydrogen-bond donors (Lipinski definition) is 3. The number of aliphatic carboxylic acids is 1. The van der Waals surface area contributed by atoms with E-state index in [4.69, 9.17) is 16.6 Å². The first-order valence-electron chi connectivity index (χ1n) is 2.80. The number of hydrogen-bond acceptors (Lipinski definition) is 3. The molecule has 1 atom stereocenters. The van der Waals surface area contributed by atoms with Crippen LogP contribution in [0.4, 0.5) is 0 Å². The molecule has 0 aromatic carbocycles. The number of carboxylic acid groups (broad SMARTS) is 1. The Morgan fingerprint density at radius 1 is 1.45 bits per heavy atom. The van der Waals surface area contributed by atoms with Gasteiger partial charge in [0.25, 0.3) is 0 Å². The molecule has 0 aliphatic rings. The van der Waals surface area contributed by atoms with Crippen LogP contribution in [0.15, 0.2) is 0 Å². The zero-order valence-corrected chi connectivity index (χ0v) is 6.65. The van der Waals surface area contributed by atoms with Crippen molar-refractivity contribution in [3.63, 3.8) is 0 Å². The molecule has 0 bridgehead atoms. The van der Waals surface area contributed by atoms with Crippen LogP contribution in [0.25, 0.3) is 0 Å². The van der Waals surface area contributed by atoms with Crippen LogP contribution in [0.2, 0.25) is 0 Å². The molecule has 0 aliphatic heterocycles. The van der Waals surface area contributed by atoms with E-state index in [9.17, 15) is 9.59 Å². The largest absolute Gasteiger partial charge is 0.480 e. The summed E-state index contributed by atoms with van der Waals surface area (Å²) in [5.74, 6) is -1.64. The Labute approximate surface area is 74.6 Å². The van der Waals surface area contributed by atoms with Crippen LogP contribution in [0.3, 0.4) is 0 Å². The molecule has 0 aromatic heterocycles. The van der Waals surface area contributed by atoms with Gasteiger partial charge >= 0.3 is 5.97 Å². The van der Waals surface area contributed by atoms with E-state index in [0.717, 1.165) is 0 Å². The summed E-state index contributed by atoms with van der Waals surface area (Å²) in [4.78, 5) is 20.1. The number of rotatable bonds is 4. The Morgan fingerprint density at radius 3 is 2.18 bits per heavy atom. The van der Waals surface area contributed by atoms with E-state index in [1.807, 2.05) is 0 Å². The van der Waals surface area contributed by atoms with Crippen molar-refractivity contribution in [1.82, 2.24) is 0 Å². The maximum absolute atomic E-state index is 10.1. The maximum atomic E-state index is 10.1. The summed E-state index contributed by atoms with van der Waals surface area (Å²) in [5, 5.41) is 8.22. The average Bonchev–Trinajstić information content (AvgIpc) is 1.82. The number of primary amides is 1. The summed E-state index contributed by atoms with van der Waals surface area (Å²) in [6, 6.07) is -0.979. The van der Waals surface area contributed by atoms with Crippen molar-refractivity contribution in [2.45, 2.75) is 18.9 Å². The first-order valence-corrected chi connectivity index (χ1v) is 2.80. The molecule has 5 nitrogen and oxygen atoms in total. The molecule has 0 aliphatic carbocycles. The van der Waals surface area contributed by atoms with Crippen molar-refractivity contribution in [3.05, 3.63) is 0 Å². The van der Waals surface area contributed by atoms with Gasteiger partial charge in [-0.2, -0.15) is 0 Å². The minimum Gasteiger partial charge on any atom is -0.480 e. The molecule has 1 amide bonds. The van der Waals surface area contributed by atoms with Gasteiger partial charge in [-0.25, -0.2) is 0 Å². The Hall–Kier alpha value is -0.581. The standard InChI is InChI=1S/C5H10N2O3.Cu/c6-3(5(9)10)1-2-4(7)8;/h3H,1-2,6H2,(H2,7,8)(H,9,10);/t3-;/m0./s1. The summed E-state index contributed by atoms with van der Waals surface area (Å²) >= 11 is 0. The first kappa shape index (κ1) is 13.0. The van der Waals surface area contributed by atoms with Gasteiger partial charge < -0.3 is 16.6 Å². The van der Waals surface area contributed by atoms with E-state index in [-0.39, 0.29) is 29.9 Å². The normalized spacial score (nSPS) is 11.4. The Bertz CT molecular complexity index is 151. The van der Waals surface area contributed by atoms with Crippen molar-refractivity contribution in [3.8, 4) is 0 Å². The van der Waals surface area contributed by atoms with E-state index in [0.29, 0.717) is 0 Å². The third-order valence-electron chi connectivity index (χ3n) is 1.02. The van der Waals surface area contributed by atoms with Crippen LogP contribution >= 0.6 is 0 Å². The van der Waals surface area contributed by atoms with E-state index in [1.165, 1.54) is 0 Å².